The molecule has 3 N–H and O–H groups in total. The maximum Gasteiger partial charge on any atom is 0.259 e. The first-order valence-corrected chi connectivity index (χ1v) is 6.77. The fourth-order valence-corrected chi connectivity index (χ4v) is 2.33. The van der Waals surface area contributed by atoms with Crippen molar-refractivity contribution in [2.75, 3.05) is 11.1 Å². The third-order valence-electron chi connectivity index (χ3n) is 2.96. The van der Waals surface area contributed by atoms with Gasteiger partial charge < -0.3 is 15.5 Å². The Balaban J connectivity index is 1.95. The van der Waals surface area contributed by atoms with Crippen LogP contribution in [0.5, 0.6) is 0 Å². The lowest BCUT2D eigenvalue weighted by Crippen LogP contribution is -2.11. The van der Waals surface area contributed by atoms with Crippen LogP contribution in [-0.4, -0.2) is 5.91 Å². The van der Waals surface area contributed by atoms with Crippen LogP contribution < -0.4 is 11.1 Å². The van der Waals surface area contributed by atoms with E-state index in [-0.39, 0.29) is 5.91 Å². The quantitative estimate of drug-likeness (QED) is 0.697. The zero-order chi connectivity index (χ0) is 14.1. The lowest BCUT2D eigenvalue weighted by Gasteiger charge is -2.07. The molecule has 0 saturated carbocycles. The zero-order valence-electron chi connectivity index (χ0n) is 10.4. The summed E-state index contributed by atoms with van der Waals surface area (Å²) in [6, 6.07) is 12.6. The van der Waals surface area contributed by atoms with Gasteiger partial charge in [-0.2, -0.15) is 0 Å². The number of para-hydroxylation sites is 1. The highest BCUT2D eigenvalue weighted by Gasteiger charge is 2.14. The number of carbonyl (C=O) groups excluding carboxylic acids is 1. The van der Waals surface area contributed by atoms with Crippen LogP contribution in [0.1, 0.15) is 10.4 Å². The van der Waals surface area contributed by atoms with E-state index in [9.17, 15) is 4.79 Å². The minimum atomic E-state index is -0.235. The van der Waals surface area contributed by atoms with Crippen molar-refractivity contribution in [1.29, 1.82) is 0 Å². The molecule has 1 amide bonds. The predicted molar refractivity (Wildman–Crippen MR) is 82.7 cm³/mol. The lowest BCUT2D eigenvalue weighted by molar-refractivity contribution is 0.102. The number of amides is 1. The minimum Gasteiger partial charge on any atom is -0.463 e. The summed E-state index contributed by atoms with van der Waals surface area (Å²) in [4.78, 5) is 12.3. The van der Waals surface area contributed by atoms with Gasteiger partial charge >= 0.3 is 0 Å². The van der Waals surface area contributed by atoms with Crippen LogP contribution in [0.25, 0.3) is 11.0 Å². The molecule has 1 heterocycles. The molecule has 0 saturated heterocycles. The monoisotopic (exact) mass is 330 g/mol. The van der Waals surface area contributed by atoms with Gasteiger partial charge in [0.2, 0.25) is 0 Å². The Morgan fingerprint density at radius 3 is 2.85 bits per heavy atom. The molecule has 0 spiro atoms. The summed E-state index contributed by atoms with van der Waals surface area (Å²) in [7, 11) is 0. The van der Waals surface area contributed by atoms with E-state index in [2.05, 4.69) is 21.2 Å². The number of nitrogen functional groups attached to an aromatic ring is 1. The van der Waals surface area contributed by atoms with E-state index < -0.39 is 0 Å². The average Bonchev–Trinajstić information content (AvgIpc) is 2.87. The van der Waals surface area contributed by atoms with E-state index >= 15 is 0 Å². The molecule has 0 unspecified atom stereocenters. The summed E-state index contributed by atoms with van der Waals surface area (Å²) < 4.78 is 6.14. The molecule has 0 radical (unpaired) electrons. The van der Waals surface area contributed by atoms with Crippen molar-refractivity contribution in [2.45, 2.75) is 0 Å². The molecule has 20 heavy (non-hydrogen) atoms. The Morgan fingerprint density at radius 1 is 1.20 bits per heavy atom. The number of anilines is 2. The molecule has 5 heteroatoms. The largest absolute Gasteiger partial charge is 0.463 e. The topological polar surface area (TPSA) is 68.3 Å². The van der Waals surface area contributed by atoms with Gasteiger partial charge in [-0.15, -0.1) is 0 Å². The Hall–Kier alpha value is -2.27. The molecule has 3 rings (SSSR count). The van der Waals surface area contributed by atoms with Crippen LogP contribution >= 0.6 is 15.9 Å². The van der Waals surface area contributed by atoms with Crippen molar-refractivity contribution in [3.05, 3.63) is 58.8 Å². The molecule has 100 valence electrons. The van der Waals surface area contributed by atoms with Gasteiger partial charge in [0.25, 0.3) is 5.91 Å². The van der Waals surface area contributed by atoms with Gasteiger partial charge in [-0.1, -0.05) is 18.2 Å². The van der Waals surface area contributed by atoms with Crippen molar-refractivity contribution in [3.8, 4) is 0 Å². The number of carbonyl (C=O) groups is 1. The molecule has 4 nitrogen and oxygen atoms in total. The Bertz CT molecular complexity index is 795. The fraction of sp³-hybridized carbons (Fsp3) is 0. The summed E-state index contributed by atoms with van der Waals surface area (Å²) in [6.45, 7) is 0. The summed E-state index contributed by atoms with van der Waals surface area (Å²) in [5, 5.41) is 3.60. The molecular weight excluding hydrogens is 320 g/mol. The molecule has 0 atom stereocenters. The molecule has 0 aliphatic rings. The smallest absolute Gasteiger partial charge is 0.259 e. The molecule has 0 aliphatic heterocycles. The summed E-state index contributed by atoms with van der Waals surface area (Å²) in [5.41, 5.74) is 8.11. The maximum atomic E-state index is 12.3. The van der Waals surface area contributed by atoms with E-state index in [1.165, 1.54) is 6.26 Å². The second kappa shape index (κ2) is 5.02. The summed E-state index contributed by atoms with van der Waals surface area (Å²) in [5.74, 6) is -0.235. The Kier molecular flexibility index (Phi) is 3.20. The highest BCUT2D eigenvalue weighted by Crippen LogP contribution is 2.27. The number of furan rings is 1. The van der Waals surface area contributed by atoms with Crippen molar-refractivity contribution >= 4 is 44.2 Å². The second-order valence-electron chi connectivity index (χ2n) is 4.34. The van der Waals surface area contributed by atoms with Gasteiger partial charge in [0.15, 0.2) is 0 Å². The fourth-order valence-electron chi connectivity index (χ4n) is 1.98. The summed E-state index contributed by atoms with van der Waals surface area (Å²) >= 11 is 3.38. The van der Waals surface area contributed by atoms with E-state index in [0.29, 0.717) is 22.5 Å². The molecule has 0 fully saturated rings. The third kappa shape index (κ3) is 2.28. The van der Waals surface area contributed by atoms with Crippen molar-refractivity contribution in [2.24, 2.45) is 0 Å². The first-order valence-electron chi connectivity index (χ1n) is 5.98. The number of nitrogens with one attached hydrogen (secondary N) is 1. The van der Waals surface area contributed by atoms with E-state index in [0.717, 1.165) is 9.86 Å². The highest BCUT2D eigenvalue weighted by molar-refractivity contribution is 9.10. The van der Waals surface area contributed by atoms with E-state index in [1.54, 1.807) is 18.2 Å². The number of rotatable bonds is 2. The van der Waals surface area contributed by atoms with Crippen LogP contribution in [-0.2, 0) is 0 Å². The van der Waals surface area contributed by atoms with Gasteiger partial charge in [0.1, 0.15) is 11.8 Å². The van der Waals surface area contributed by atoms with Crippen LogP contribution in [0.15, 0.2) is 57.6 Å². The molecule has 1 aromatic heterocycles. The van der Waals surface area contributed by atoms with Crippen LogP contribution in [0, 0.1) is 0 Å². The number of hydrogen-bond acceptors (Lipinski definition) is 3. The number of hydrogen-bond donors (Lipinski definition) is 2. The lowest BCUT2D eigenvalue weighted by atomic mass is 10.1. The normalized spacial score (nSPS) is 10.7. The Labute approximate surface area is 123 Å². The standard InChI is InChI=1S/C15H11BrN2O2/c16-12-6-5-9(17)7-13(12)18-15(19)11-8-20-14-4-2-1-3-10(11)14/h1-8H,17H2,(H,18,19). The second-order valence-corrected chi connectivity index (χ2v) is 5.19. The van der Waals surface area contributed by atoms with Gasteiger partial charge in [-0.05, 0) is 40.2 Å². The van der Waals surface area contributed by atoms with E-state index in [4.69, 9.17) is 10.2 Å². The van der Waals surface area contributed by atoms with Crippen LogP contribution in [0.4, 0.5) is 11.4 Å². The SMILES string of the molecule is Nc1ccc(Br)c(NC(=O)c2coc3ccccc23)c1. The van der Waals surface area contributed by atoms with Gasteiger partial charge in [-0.25, -0.2) is 0 Å². The maximum absolute atomic E-state index is 12.3. The van der Waals surface area contributed by atoms with Gasteiger partial charge in [-0.3, -0.25) is 4.79 Å². The average molecular weight is 331 g/mol. The van der Waals surface area contributed by atoms with Crippen molar-refractivity contribution < 1.29 is 9.21 Å². The highest BCUT2D eigenvalue weighted by atomic mass is 79.9. The molecule has 0 aliphatic carbocycles. The molecular formula is C15H11BrN2O2. The van der Waals surface area contributed by atoms with Crippen LogP contribution in [0.3, 0.4) is 0 Å². The van der Waals surface area contributed by atoms with Crippen molar-refractivity contribution in [1.82, 2.24) is 0 Å². The van der Waals surface area contributed by atoms with Crippen LogP contribution in [0.2, 0.25) is 0 Å². The van der Waals surface area contributed by atoms with Gasteiger partial charge in [0, 0.05) is 15.5 Å². The predicted octanol–water partition coefficient (Wildman–Crippen LogP) is 4.03. The zero-order valence-corrected chi connectivity index (χ0v) is 12.0. The summed E-state index contributed by atoms with van der Waals surface area (Å²) in [6.07, 6.45) is 1.46. The number of nitrogens with two attached hydrogens (primary N) is 1. The third-order valence-corrected chi connectivity index (χ3v) is 3.66. The minimum absolute atomic E-state index is 0.235. The Morgan fingerprint density at radius 2 is 2.00 bits per heavy atom. The molecule has 0 bridgehead atoms. The molecule has 2 aromatic carbocycles. The number of fused-ring (bicyclic) bond motifs is 1. The first-order chi connectivity index (χ1) is 9.65. The van der Waals surface area contributed by atoms with Crippen molar-refractivity contribution in [3.63, 3.8) is 0 Å². The van der Waals surface area contributed by atoms with Gasteiger partial charge in [0.05, 0.1) is 11.3 Å². The first kappa shape index (κ1) is 12.7. The van der Waals surface area contributed by atoms with E-state index in [1.807, 2.05) is 24.3 Å². The number of benzene rings is 2. The molecule has 3 aromatic rings. The number of halogens is 1.